The second-order valence-electron chi connectivity index (χ2n) is 7.84. The molecule has 4 heteroatoms. The van der Waals surface area contributed by atoms with Crippen LogP contribution in [0.25, 0.3) is 0 Å². The Morgan fingerprint density at radius 3 is 2.43 bits per heavy atom. The Balaban J connectivity index is 2.09. The van der Waals surface area contributed by atoms with Crippen molar-refractivity contribution in [1.29, 1.82) is 0 Å². The van der Waals surface area contributed by atoms with Crippen LogP contribution in [0.4, 0.5) is 0 Å². The van der Waals surface area contributed by atoms with Crippen molar-refractivity contribution in [2.75, 3.05) is 13.1 Å². The number of likely N-dealkylation sites (tertiary alicyclic amines) is 1. The predicted molar refractivity (Wildman–Crippen MR) is 85.4 cm³/mol. The van der Waals surface area contributed by atoms with Gasteiger partial charge in [-0.05, 0) is 57.8 Å². The summed E-state index contributed by atoms with van der Waals surface area (Å²) in [7, 11) is 0. The Hall–Kier alpha value is -0.610. The van der Waals surface area contributed by atoms with Gasteiger partial charge in [0.2, 0.25) is 0 Å². The molecule has 1 saturated carbocycles. The fourth-order valence-electron chi connectivity index (χ4n) is 4.51. The third kappa shape index (κ3) is 3.98. The van der Waals surface area contributed by atoms with Crippen LogP contribution in [-0.4, -0.2) is 46.7 Å². The molecule has 4 unspecified atom stereocenters. The van der Waals surface area contributed by atoms with E-state index in [-0.39, 0.29) is 6.04 Å². The zero-order chi connectivity index (χ0) is 15.6. The van der Waals surface area contributed by atoms with Gasteiger partial charge in [-0.15, -0.1) is 0 Å². The lowest BCUT2D eigenvalue weighted by atomic mass is 9.76. The van der Waals surface area contributed by atoms with E-state index >= 15 is 0 Å². The van der Waals surface area contributed by atoms with Crippen LogP contribution in [0.15, 0.2) is 0 Å². The normalized spacial score (nSPS) is 38.6. The van der Waals surface area contributed by atoms with Gasteiger partial charge in [0.25, 0.3) is 0 Å². The van der Waals surface area contributed by atoms with Gasteiger partial charge in [-0.1, -0.05) is 13.8 Å². The third-order valence-electron chi connectivity index (χ3n) is 5.11. The van der Waals surface area contributed by atoms with Gasteiger partial charge >= 0.3 is 5.97 Å². The van der Waals surface area contributed by atoms with E-state index in [0.717, 1.165) is 50.6 Å². The molecule has 21 heavy (non-hydrogen) atoms. The number of carboxylic acid groups (broad SMARTS) is 1. The Bertz CT molecular complexity index is 362. The lowest BCUT2D eigenvalue weighted by Gasteiger charge is -2.47. The average molecular weight is 296 g/mol. The monoisotopic (exact) mass is 296 g/mol. The van der Waals surface area contributed by atoms with Crippen LogP contribution in [0, 0.1) is 11.8 Å². The first-order valence-corrected chi connectivity index (χ1v) is 8.57. The summed E-state index contributed by atoms with van der Waals surface area (Å²) in [5.74, 6) is 0.792. The Kier molecular flexibility index (Phi) is 5.31. The number of rotatable bonds is 4. The maximum Gasteiger partial charge on any atom is 0.323 e. The molecule has 0 spiro atoms. The molecular formula is C17H32N2O2. The van der Waals surface area contributed by atoms with E-state index in [4.69, 9.17) is 0 Å². The van der Waals surface area contributed by atoms with Gasteiger partial charge in [0.15, 0.2) is 0 Å². The Morgan fingerprint density at radius 2 is 1.90 bits per heavy atom. The smallest absolute Gasteiger partial charge is 0.323 e. The van der Waals surface area contributed by atoms with Gasteiger partial charge in [0.1, 0.15) is 5.54 Å². The topological polar surface area (TPSA) is 52.6 Å². The molecule has 4 nitrogen and oxygen atoms in total. The van der Waals surface area contributed by atoms with E-state index < -0.39 is 11.5 Å². The average Bonchev–Trinajstić information content (AvgIpc) is 2.36. The van der Waals surface area contributed by atoms with Crippen LogP contribution in [0.3, 0.4) is 0 Å². The number of carbonyl (C=O) groups is 1. The highest BCUT2D eigenvalue weighted by molar-refractivity contribution is 5.79. The van der Waals surface area contributed by atoms with E-state index in [1.165, 1.54) is 6.42 Å². The highest BCUT2D eigenvalue weighted by Gasteiger charge is 2.45. The summed E-state index contributed by atoms with van der Waals surface area (Å²) in [5.41, 5.74) is -0.721. The second-order valence-corrected chi connectivity index (χ2v) is 7.84. The molecule has 0 radical (unpaired) electrons. The van der Waals surface area contributed by atoms with E-state index in [1.54, 1.807) is 0 Å². The van der Waals surface area contributed by atoms with Crippen molar-refractivity contribution >= 4 is 5.97 Å². The van der Waals surface area contributed by atoms with Crippen LogP contribution in [0.1, 0.15) is 59.8 Å². The van der Waals surface area contributed by atoms with Gasteiger partial charge in [-0.3, -0.25) is 15.0 Å². The molecule has 2 rings (SSSR count). The van der Waals surface area contributed by atoms with Crippen molar-refractivity contribution in [3.63, 3.8) is 0 Å². The molecule has 0 aromatic rings. The summed E-state index contributed by atoms with van der Waals surface area (Å²) >= 11 is 0. The summed E-state index contributed by atoms with van der Waals surface area (Å²) in [4.78, 5) is 14.5. The first-order valence-electron chi connectivity index (χ1n) is 8.57. The summed E-state index contributed by atoms with van der Waals surface area (Å²) in [5, 5.41) is 13.1. The van der Waals surface area contributed by atoms with Crippen molar-refractivity contribution in [2.24, 2.45) is 11.8 Å². The first-order chi connectivity index (χ1) is 9.82. The van der Waals surface area contributed by atoms with Gasteiger partial charge in [-0.25, -0.2) is 0 Å². The van der Waals surface area contributed by atoms with Gasteiger partial charge < -0.3 is 5.11 Å². The molecule has 0 aromatic heterocycles. The van der Waals surface area contributed by atoms with E-state index in [9.17, 15) is 9.90 Å². The van der Waals surface area contributed by atoms with Crippen molar-refractivity contribution < 1.29 is 9.90 Å². The molecule has 122 valence electrons. The molecule has 0 amide bonds. The highest BCUT2D eigenvalue weighted by atomic mass is 16.4. The zero-order valence-corrected chi connectivity index (χ0v) is 14.1. The van der Waals surface area contributed by atoms with E-state index in [0.29, 0.717) is 6.04 Å². The Labute approximate surface area is 129 Å². The predicted octanol–water partition coefficient (Wildman–Crippen LogP) is 2.73. The highest BCUT2D eigenvalue weighted by Crippen LogP contribution is 2.34. The molecule has 0 bridgehead atoms. The fourth-order valence-corrected chi connectivity index (χ4v) is 4.51. The van der Waals surface area contributed by atoms with Crippen LogP contribution in [0.2, 0.25) is 0 Å². The minimum Gasteiger partial charge on any atom is -0.480 e. The van der Waals surface area contributed by atoms with Crippen molar-refractivity contribution in [3.05, 3.63) is 0 Å². The number of piperidine rings is 1. The molecule has 1 aliphatic heterocycles. The summed E-state index contributed by atoms with van der Waals surface area (Å²) < 4.78 is 0. The van der Waals surface area contributed by atoms with Crippen LogP contribution >= 0.6 is 0 Å². The second kappa shape index (κ2) is 6.66. The molecule has 1 heterocycles. The third-order valence-corrected chi connectivity index (χ3v) is 5.11. The minimum absolute atomic E-state index is 0.207. The summed E-state index contributed by atoms with van der Waals surface area (Å²) in [6.45, 7) is 11.0. The molecule has 2 fully saturated rings. The van der Waals surface area contributed by atoms with E-state index in [2.05, 4.69) is 24.1 Å². The molecule has 4 atom stereocenters. The standard InChI is InChI=1S/C17H32N2O2/c1-12(2)18-17(16(20)21)7-5-6-15(9-17)19-10-13(3)8-14(4)11-19/h12-15,18H,5-11H2,1-4H3,(H,20,21). The Morgan fingerprint density at radius 1 is 1.29 bits per heavy atom. The molecule has 1 aliphatic carbocycles. The molecule has 2 N–H and O–H groups in total. The molecular weight excluding hydrogens is 264 g/mol. The number of nitrogens with one attached hydrogen (secondary N) is 1. The molecule has 2 aliphatic rings. The van der Waals surface area contributed by atoms with Crippen LogP contribution in [0.5, 0.6) is 0 Å². The maximum absolute atomic E-state index is 11.9. The van der Waals surface area contributed by atoms with Gasteiger partial charge in [0, 0.05) is 25.2 Å². The summed E-state index contributed by atoms with van der Waals surface area (Å²) in [6.07, 6.45) is 4.97. The fraction of sp³-hybridized carbons (Fsp3) is 0.941. The largest absolute Gasteiger partial charge is 0.480 e. The molecule has 0 aromatic carbocycles. The van der Waals surface area contributed by atoms with Crippen LogP contribution < -0.4 is 5.32 Å². The van der Waals surface area contributed by atoms with E-state index in [1.807, 2.05) is 13.8 Å². The summed E-state index contributed by atoms with van der Waals surface area (Å²) in [6, 6.07) is 0.630. The number of carboxylic acids is 1. The lowest BCUT2D eigenvalue weighted by Crippen LogP contribution is -2.61. The van der Waals surface area contributed by atoms with Crippen molar-refractivity contribution in [1.82, 2.24) is 10.2 Å². The SMILES string of the molecule is CC1CC(C)CN(C2CCCC(NC(C)C)(C(=O)O)C2)C1. The lowest BCUT2D eigenvalue weighted by molar-refractivity contribution is -0.148. The number of aliphatic carboxylic acids is 1. The molecule has 1 saturated heterocycles. The van der Waals surface area contributed by atoms with Gasteiger partial charge in [0.05, 0.1) is 0 Å². The minimum atomic E-state index is -0.721. The maximum atomic E-state index is 11.9. The van der Waals surface area contributed by atoms with Crippen molar-refractivity contribution in [2.45, 2.75) is 77.4 Å². The number of hydrogen-bond acceptors (Lipinski definition) is 3. The number of nitrogens with zero attached hydrogens (tertiary/aromatic N) is 1. The van der Waals surface area contributed by atoms with Crippen LogP contribution in [-0.2, 0) is 4.79 Å². The first kappa shape index (κ1) is 16.8. The van der Waals surface area contributed by atoms with Crippen molar-refractivity contribution in [3.8, 4) is 0 Å². The quantitative estimate of drug-likeness (QED) is 0.837. The number of hydrogen-bond donors (Lipinski definition) is 2. The zero-order valence-electron chi connectivity index (χ0n) is 14.1. The van der Waals surface area contributed by atoms with Gasteiger partial charge in [-0.2, -0.15) is 0 Å².